The Balaban J connectivity index is 1.78. The van der Waals surface area contributed by atoms with Crippen molar-refractivity contribution in [3.8, 4) is 11.5 Å². The molecule has 0 spiro atoms. The van der Waals surface area contributed by atoms with Gasteiger partial charge in [0.25, 0.3) is 5.91 Å². The number of aliphatic imine (C=N–C) groups is 1. The third-order valence-electron chi connectivity index (χ3n) is 5.08. The second-order valence-corrected chi connectivity index (χ2v) is 8.25. The Hall–Kier alpha value is -3.59. The van der Waals surface area contributed by atoms with E-state index in [-0.39, 0.29) is 24.0 Å². The molecule has 1 saturated heterocycles. The van der Waals surface area contributed by atoms with Crippen molar-refractivity contribution >= 4 is 40.3 Å². The lowest BCUT2D eigenvalue weighted by Crippen LogP contribution is -2.28. The van der Waals surface area contributed by atoms with E-state index in [9.17, 15) is 15.0 Å². The number of benzene rings is 3. The van der Waals surface area contributed by atoms with Gasteiger partial charge < -0.3 is 20.7 Å². The van der Waals surface area contributed by atoms with Gasteiger partial charge in [0, 0.05) is 12.1 Å². The zero-order chi connectivity index (χ0) is 23.4. The predicted octanol–water partition coefficient (Wildman–Crippen LogP) is 4.16. The van der Waals surface area contributed by atoms with Crippen molar-refractivity contribution in [2.75, 3.05) is 12.0 Å². The van der Waals surface area contributed by atoms with Crippen molar-refractivity contribution < 1.29 is 19.7 Å². The highest BCUT2D eigenvalue weighted by atomic mass is 32.2. The number of hydrogen-bond donors (Lipinski definition) is 3. The van der Waals surface area contributed by atoms with E-state index in [1.165, 1.54) is 18.9 Å². The third kappa shape index (κ3) is 4.78. The zero-order valence-electron chi connectivity index (χ0n) is 17.9. The Morgan fingerprint density at radius 1 is 1.12 bits per heavy atom. The van der Waals surface area contributed by atoms with Crippen LogP contribution in [0, 0.1) is 0 Å². The molecule has 4 rings (SSSR count). The number of methoxy groups -OCH3 is 1. The van der Waals surface area contributed by atoms with E-state index in [4.69, 9.17) is 15.5 Å². The van der Waals surface area contributed by atoms with Gasteiger partial charge in [0.1, 0.15) is 0 Å². The van der Waals surface area contributed by atoms with Gasteiger partial charge in [-0.15, -0.1) is 0 Å². The first-order chi connectivity index (χ1) is 16.0. The number of hydrogen-bond acceptors (Lipinski definition) is 7. The third-order valence-corrected chi connectivity index (χ3v) is 6.05. The number of aromatic hydroxyl groups is 1. The number of nitrogens with two attached hydrogens (primary N) is 1. The van der Waals surface area contributed by atoms with Crippen LogP contribution in [0.25, 0.3) is 6.08 Å². The first kappa shape index (κ1) is 22.6. The molecule has 168 valence electrons. The fourth-order valence-corrected chi connectivity index (χ4v) is 4.37. The van der Waals surface area contributed by atoms with Crippen molar-refractivity contribution in [2.24, 2.45) is 10.7 Å². The Morgan fingerprint density at radius 3 is 2.48 bits per heavy atom. The first-order valence-corrected chi connectivity index (χ1v) is 11.0. The van der Waals surface area contributed by atoms with Crippen LogP contribution in [-0.2, 0) is 17.9 Å². The van der Waals surface area contributed by atoms with Crippen molar-refractivity contribution in [1.82, 2.24) is 0 Å². The average molecular weight is 462 g/mol. The van der Waals surface area contributed by atoms with Crippen molar-refractivity contribution in [2.45, 2.75) is 13.2 Å². The number of aliphatic hydroxyl groups is 1. The standard InChI is InChI=1S/C25H23N3O4S/c1-32-21-12-17(11-18(15-29)23(21)30)13-22-24(31)28(20-9-7-16(14-26)8-10-20)25(33-22)27-19-5-3-2-4-6-19/h2-13,29-30H,14-15,26H2,1H3/b22-13+,27-25+. The van der Waals surface area contributed by atoms with Gasteiger partial charge in [0.15, 0.2) is 16.7 Å². The number of rotatable bonds is 6. The summed E-state index contributed by atoms with van der Waals surface area (Å²) in [5.41, 5.74) is 9.01. The molecule has 0 saturated carbocycles. The number of ether oxygens (including phenoxy) is 1. The molecule has 0 aliphatic carbocycles. The molecular weight excluding hydrogens is 438 g/mol. The Bertz CT molecular complexity index is 1200. The van der Waals surface area contributed by atoms with Crippen LogP contribution >= 0.6 is 11.8 Å². The molecule has 0 bridgehead atoms. The van der Waals surface area contributed by atoms with E-state index in [0.29, 0.717) is 33.4 Å². The molecule has 0 radical (unpaired) electrons. The van der Waals surface area contributed by atoms with Gasteiger partial charge in [0.05, 0.1) is 30.0 Å². The van der Waals surface area contributed by atoms with Gasteiger partial charge in [-0.2, -0.15) is 0 Å². The van der Waals surface area contributed by atoms with Crippen molar-refractivity contribution in [3.05, 3.63) is 88.3 Å². The smallest absolute Gasteiger partial charge is 0.271 e. The topological polar surface area (TPSA) is 108 Å². The number of carbonyl (C=O) groups is 1. The molecule has 8 heteroatoms. The van der Waals surface area contributed by atoms with Crippen LogP contribution in [0.4, 0.5) is 11.4 Å². The SMILES string of the molecule is COc1cc(/C=C2/S/C(=N/c3ccccc3)N(c3ccc(CN)cc3)C2=O)cc(CO)c1O. The summed E-state index contributed by atoms with van der Waals surface area (Å²) in [7, 11) is 1.43. The highest BCUT2D eigenvalue weighted by molar-refractivity contribution is 8.19. The number of amides is 1. The van der Waals surface area contributed by atoms with Gasteiger partial charge in [-0.25, -0.2) is 4.99 Å². The lowest BCUT2D eigenvalue weighted by Gasteiger charge is -2.16. The summed E-state index contributed by atoms with van der Waals surface area (Å²) in [6.07, 6.45) is 1.70. The van der Waals surface area contributed by atoms with Crippen LogP contribution < -0.4 is 15.4 Å². The number of amidine groups is 1. The van der Waals surface area contributed by atoms with E-state index in [1.54, 1.807) is 23.1 Å². The summed E-state index contributed by atoms with van der Waals surface area (Å²) in [6, 6.07) is 20.1. The molecule has 1 aliphatic heterocycles. The van der Waals surface area contributed by atoms with Gasteiger partial charge in [-0.3, -0.25) is 9.69 Å². The molecule has 3 aromatic carbocycles. The molecule has 0 aromatic heterocycles. The van der Waals surface area contributed by atoms with Gasteiger partial charge in [0.2, 0.25) is 0 Å². The number of para-hydroxylation sites is 1. The van der Waals surface area contributed by atoms with E-state index in [2.05, 4.69) is 0 Å². The highest BCUT2D eigenvalue weighted by Gasteiger charge is 2.34. The van der Waals surface area contributed by atoms with E-state index in [1.807, 2.05) is 54.6 Å². The van der Waals surface area contributed by atoms with Crippen LogP contribution in [0.5, 0.6) is 11.5 Å². The first-order valence-electron chi connectivity index (χ1n) is 10.2. The fourth-order valence-electron chi connectivity index (χ4n) is 3.37. The normalized spacial score (nSPS) is 16.1. The average Bonchev–Trinajstić information content (AvgIpc) is 3.14. The zero-order valence-corrected chi connectivity index (χ0v) is 18.7. The highest BCUT2D eigenvalue weighted by Crippen LogP contribution is 2.39. The van der Waals surface area contributed by atoms with E-state index in [0.717, 1.165) is 11.3 Å². The number of phenols is 1. The molecule has 3 aromatic rings. The minimum absolute atomic E-state index is 0.125. The second kappa shape index (κ2) is 9.91. The maximum atomic E-state index is 13.4. The summed E-state index contributed by atoms with van der Waals surface area (Å²) in [5.74, 6) is -0.135. The van der Waals surface area contributed by atoms with E-state index < -0.39 is 0 Å². The number of thioether (sulfide) groups is 1. The molecule has 7 nitrogen and oxygen atoms in total. The molecule has 33 heavy (non-hydrogen) atoms. The molecule has 0 atom stereocenters. The van der Waals surface area contributed by atoms with Crippen LogP contribution in [0.3, 0.4) is 0 Å². The Kier molecular flexibility index (Phi) is 6.79. The number of anilines is 1. The maximum Gasteiger partial charge on any atom is 0.271 e. The van der Waals surface area contributed by atoms with Crippen molar-refractivity contribution in [3.63, 3.8) is 0 Å². The predicted molar refractivity (Wildman–Crippen MR) is 132 cm³/mol. The largest absolute Gasteiger partial charge is 0.504 e. The minimum atomic E-state index is -0.360. The summed E-state index contributed by atoms with van der Waals surface area (Å²) in [6.45, 7) is 0.0512. The summed E-state index contributed by atoms with van der Waals surface area (Å²) in [4.78, 5) is 20.2. The molecular formula is C25H23N3O4S. The minimum Gasteiger partial charge on any atom is -0.504 e. The number of nitrogens with zero attached hydrogens (tertiary/aromatic N) is 2. The maximum absolute atomic E-state index is 13.4. The molecule has 1 aliphatic rings. The number of aliphatic hydroxyl groups excluding tert-OH is 1. The summed E-state index contributed by atoms with van der Waals surface area (Å²) >= 11 is 1.25. The van der Waals surface area contributed by atoms with Crippen LogP contribution in [0.2, 0.25) is 0 Å². The molecule has 0 unspecified atom stereocenters. The quantitative estimate of drug-likeness (QED) is 0.476. The summed E-state index contributed by atoms with van der Waals surface area (Å²) in [5, 5.41) is 20.2. The molecule has 1 fully saturated rings. The molecule has 1 heterocycles. The Morgan fingerprint density at radius 2 is 1.85 bits per heavy atom. The lowest BCUT2D eigenvalue weighted by molar-refractivity contribution is -0.113. The number of carbonyl (C=O) groups excluding carboxylic acids is 1. The van der Waals surface area contributed by atoms with Crippen LogP contribution in [0.1, 0.15) is 16.7 Å². The van der Waals surface area contributed by atoms with E-state index >= 15 is 0 Å². The van der Waals surface area contributed by atoms with Gasteiger partial charge in [-0.1, -0.05) is 30.3 Å². The fraction of sp³-hybridized carbons (Fsp3) is 0.120. The van der Waals surface area contributed by atoms with Crippen LogP contribution in [0.15, 0.2) is 76.6 Å². The second-order valence-electron chi connectivity index (χ2n) is 7.24. The summed E-state index contributed by atoms with van der Waals surface area (Å²) < 4.78 is 5.21. The van der Waals surface area contributed by atoms with Gasteiger partial charge >= 0.3 is 0 Å². The lowest BCUT2D eigenvalue weighted by atomic mass is 10.1. The van der Waals surface area contributed by atoms with Gasteiger partial charge in [-0.05, 0) is 65.4 Å². The molecule has 1 amide bonds. The van der Waals surface area contributed by atoms with Crippen LogP contribution in [-0.4, -0.2) is 28.4 Å². The Labute approximate surface area is 195 Å². The monoisotopic (exact) mass is 461 g/mol. The van der Waals surface area contributed by atoms with Crippen molar-refractivity contribution in [1.29, 1.82) is 0 Å². The molecule has 4 N–H and O–H groups in total.